The summed E-state index contributed by atoms with van der Waals surface area (Å²) < 4.78 is 0. The van der Waals surface area contributed by atoms with Crippen molar-refractivity contribution in [2.45, 2.75) is 0 Å². The average Bonchev–Trinajstić information content (AvgIpc) is 2.16. The van der Waals surface area contributed by atoms with Crippen molar-refractivity contribution in [1.29, 1.82) is 5.26 Å². The van der Waals surface area contributed by atoms with Crippen molar-refractivity contribution in [2.24, 2.45) is 0 Å². The van der Waals surface area contributed by atoms with E-state index < -0.39 is 10.5 Å². The Kier molecular flexibility index (Phi) is 3.23. The third-order valence-electron chi connectivity index (χ3n) is 1.60. The van der Waals surface area contributed by atoms with Gasteiger partial charge in [0.2, 0.25) is 0 Å². The summed E-state index contributed by atoms with van der Waals surface area (Å²) in [7, 11) is 0. The zero-order chi connectivity index (χ0) is 10.7. The Hall–Kier alpha value is -1.37. The van der Waals surface area contributed by atoms with Gasteiger partial charge in [0, 0.05) is 0 Å². The van der Waals surface area contributed by atoms with Crippen LogP contribution >= 0.6 is 23.2 Å². The molecule has 0 spiro atoms. The Bertz CT molecular complexity index is 416. The van der Waals surface area contributed by atoms with Crippen molar-refractivity contribution >= 4 is 33.7 Å². The zero-order valence-electron chi connectivity index (χ0n) is 6.75. The SMILES string of the molecule is N#Cc1c(C(=O)Cl)cccc1C(=O)Cl. The van der Waals surface area contributed by atoms with Crippen LogP contribution in [0.4, 0.5) is 0 Å². The van der Waals surface area contributed by atoms with E-state index in [0.717, 1.165) is 0 Å². The summed E-state index contributed by atoms with van der Waals surface area (Å²) in [6, 6.07) is 5.87. The second-order valence-corrected chi connectivity index (χ2v) is 3.07. The molecule has 0 bridgehead atoms. The molecule has 3 nitrogen and oxygen atoms in total. The molecule has 0 saturated carbocycles. The lowest BCUT2D eigenvalue weighted by molar-refractivity contribution is 0.108. The van der Waals surface area contributed by atoms with Gasteiger partial charge in [0.05, 0.1) is 16.7 Å². The predicted octanol–water partition coefficient (Wildman–Crippen LogP) is 2.32. The largest absolute Gasteiger partial charge is 0.276 e. The number of carbonyl (C=O) groups excluding carboxylic acids is 2. The average molecular weight is 228 g/mol. The van der Waals surface area contributed by atoms with E-state index in [9.17, 15) is 9.59 Å². The molecule has 1 aromatic carbocycles. The fraction of sp³-hybridized carbons (Fsp3) is 0. The Balaban J connectivity index is 3.50. The Morgan fingerprint density at radius 3 is 1.86 bits per heavy atom. The molecule has 0 radical (unpaired) electrons. The molecule has 14 heavy (non-hydrogen) atoms. The van der Waals surface area contributed by atoms with Crippen molar-refractivity contribution in [3.8, 4) is 6.07 Å². The molecule has 0 atom stereocenters. The quantitative estimate of drug-likeness (QED) is 0.729. The van der Waals surface area contributed by atoms with E-state index in [1.807, 2.05) is 0 Å². The van der Waals surface area contributed by atoms with Crippen LogP contribution in [-0.2, 0) is 0 Å². The van der Waals surface area contributed by atoms with E-state index in [2.05, 4.69) is 0 Å². The maximum atomic E-state index is 10.9. The van der Waals surface area contributed by atoms with Crippen molar-refractivity contribution < 1.29 is 9.59 Å². The standard InChI is InChI=1S/C9H3Cl2NO2/c10-8(13)5-2-1-3-6(9(11)14)7(5)4-12/h1-3H. The lowest BCUT2D eigenvalue weighted by Crippen LogP contribution is -2.01. The molecule has 0 aliphatic carbocycles. The summed E-state index contributed by atoms with van der Waals surface area (Å²) in [4.78, 5) is 21.7. The zero-order valence-corrected chi connectivity index (χ0v) is 8.26. The summed E-state index contributed by atoms with van der Waals surface area (Å²) in [5.74, 6) is 0. The van der Waals surface area contributed by atoms with Gasteiger partial charge in [-0.15, -0.1) is 0 Å². The van der Waals surface area contributed by atoms with Gasteiger partial charge >= 0.3 is 0 Å². The number of benzene rings is 1. The first-order valence-corrected chi connectivity index (χ1v) is 4.26. The fourth-order valence-electron chi connectivity index (χ4n) is 1.00. The molecule has 0 aromatic heterocycles. The molecule has 70 valence electrons. The fourth-order valence-corrected chi connectivity index (χ4v) is 1.32. The Labute approximate surface area is 89.8 Å². The van der Waals surface area contributed by atoms with Gasteiger partial charge in [-0.1, -0.05) is 6.07 Å². The number of nitriles is 1. The monoisotopic (exact) mass is 227 g/mol. The molecule has 5 heteroatoms. The molecule has 0 aliphatic heterocycles. The van der Waals surface area contributed by atoms with Crippen LogP contribution in [0.1, 0.15) is 26.3 Å². The van der Waals surface area contributed by atoms with Gasteiger partial charge in [0.15, 0.2) is 0 Å². The Morgan fingerprint density at radius 1 is 1.14 bits per heavy atom. The number of hydrogen-bond acceptors (Lipinski definition) is 3. The van der Waals surface area contributed by atoms with Gasteiger partial charge in [0.1, 0.15) is 6.07 Å². The lowest BCUT2D eigenvalue weighted by atomic mass is 10.0. The number of rotatable bonds is 2. The number of hydrogen-bond donors (Lipinski definition) is 0. The van der Waals surface area contributed by atoms with E-state index in [0.29, 0.717) is 0 Å². The highest BCUT2D eigenvalue weighted by Crippen LogP contribution is 2.17. The predicted molar refractivity (Wildman–Crippen MR) is 51.5 cm³/mol. The van der Waals surface area contributed by atoms with E-state index in [1.54, 1.807) is 6.07 Å². The van der Waals surface area contributed by atoms with Crippen molar-refractivity contribution in [3.63, 3.8) is 0 Å². The van der Waals surface area contributed by atoms with Crippen LogP contribution in [-0.4, -0.2) is 10.5 Å². The maximum Gasteiger partial charge on any atom is 0.253 e. The van der Waals surface area contributed by atoms with Crippen LogP contribution in [0.5, 0.6) is 0 Å². The number of carbonyl (C=O) groups is 2. The molecule has 1 aromatic rings. The minimum Gasteiger partial charge on any atom is -0.276 e. The van der Waals surface area contributed by atoms with E-state index in [-0.39, 0.29) is 16.7 Å². The van der Waals surface area contributed by atoms with Gasteiger partial charge in [-0.2, -0.15) is 5.26 Å². The van der Waals surface area contributed by atoms with Crippen molar-refractivity contribution in [3.05, 3.63) is 34.9 Å². The second kappa shape index (κ2) is 4.23. The second-order valence-electron chi connectivity index (χ2n) is 2.39. The summed E-state index contributed by atoms with van der Waals surface area (Å²) in [5, 5.41) is 7.14. The minimum atomic E-state index is -0.790. The van der Waals surface area contributed by atoms with Crippen LogP contribution in [0.2, 0.25) is 0 Å². The molecule has 0 unspecified atom stereocenters. The normalized spacial score (nSPS) is 9.21. The van der Waals surface area contributed by atoms with Gasteiger partial charge in [-0.25, -0.2) is 0 Å². The minimum absolute atomic E-state index is 0.0133. The molecule has 0 amide bonds. The highest BCUT2D eigenvalue weighted by molar-refractivity contribution is 6.69. The lowest BCUT2D eigenvalue weighted by Gasteiger charge is -2.01. The molecule has 0 N–H and O–H groups in total. The van der Waals surface area contributed by atoms with E-state index in [1.165, 1.54) is 18.2 Å². The molecule has 0 fully saturated rings. The van der Waals surface area contributed by atoms with Crippen LogP contribution in [0, 0.1) is 11.3 Å². The number of halogens is 2. The summed E-state index contributed by atoms with van der Waals surface area (Å²) in [6.07, 6.45) is 0. The summed E-state index contributed by atoms with van der Waals surface area (Å²) in [5.41, 5.74) is -0.117. The van der Waals surface area contributed by atoms with Gasteiger partial charge in [-0.05, 0) is 35.3 Å². The van der Waals surface area contributed by atoms with Gasteiger partial charge < -0.3 is 0 Å². The third kappa shape index (κ3) is 1.92. The van der Waals surface area contributed by atoms with Crippen LogP contribution < -0.4 is 0 Å². The molecule has 0 heterocycles. The molecule has 0 saturated heterocycles. The van der Waals surface area contributed by atoms with E-state index >= 15 is 0 Å². The van der Waals surface area contributed by atoms with Crippen molar-refractivity contribution in [1.82, 2.24) is 0 Å². The summed E-state index contributed by atoms with van der Waals surface area (Å²) in [6.45, 7) is 0. The number of nitrogens with zero attached hydrogens (tertiary/aromatic N) is 1. The first-order chi connectivity index (χ1) is 6.57. The van der Waals surface area contributed by atoms with Crippen LogP contribution in [0.3, 0.4) is 0 Å². The third-order valence-corrected chi connectivity index (χ3v) is 2.01. The Morgan fingerprint density at radius 2 is 1.57 bits per heavy atom. The van der Waals surface area contributed by atoms with Gasteiger partial charge in [-0.3, -0.25) is 9.59 Å². The smallest absolute Gasteiger partial charge is 0.253 e. The molecular weight excluding hydrogens is 225 g/mol. The van der Waals surface area contributed by atoms with Gasteiger partial charge in [0.25, 0.3) is 10.5 Å². The molecule has 1 rings (SSSR count). The highest BCUT2D eigenvalue weighted by Gasteiger charge is 2.15. The van der Waals surface area contributed by atoms with Crippen LogP contribution in [0.25, 0.3) is 0 Å². The van der Waals surface area contributed by atoms with Crippen molar-refractivity contribution in [2.75, 3.05) is 0 Å². The molecular formula is C9H3Cl2NO2. The first-order valence-electron chi connectivity index (χ1n) is 3.50. The topological polar surface area (TPSA) is 57.9 Å². The van der Waals surface area contributed by atoms with E-state index in [4.69, 9.17) is 28.5 Å². The molecule has 0 aliphatic rings. The maximum absolute atomic E-state index is 10.9. The van der Waals surface area contributed by atoms with Crippen LogP contribution in [0.15, 0.2) is 18.2 Å². The highest BCUT2D eigenvalue weighted by atomic mass is 35.5. The summed E-state index contributed by atoms with van der Waals surface area (Å²) >= 11 is 10.4. The first kappa shape index (κ1) is 10.7.